The van der Waals surface area contributed by atoms with Crippen molar-refractivity contribution in [3.63, 3.8) is 0 Å². The number of rotatable bonds is 6. The topological polar surface area (TPSA) is 61.7 Å². The molecule has 3 aromatic rings. The second-order valence-corrected chi connectivity index (χ2v) is 5.47. The van der Waals surface area contributed by atoms with Gasteiger partial charge in [0.25, 0.3) is 0 Å². The number of halogens is 3. The van der Waals surface area contributed by atoms with E-state index in [4.69, 9.17) is 0 Å². The first kappa shape index (κ1) is 29.2. The van der Waals surface area contributed by atoms with Gasteiger partial charge in [-0.1, -0.05) is 36.4 Å². The van der Waals surface area contributed by atoms with Gasteiger partial charge in [-0.05, 0) is 48.9 Å². The van der Waals surface area contributed by atoms with Crippen molar-refractivity contribution in [2.75, 3.05) is 10.9 Å². The van der Waals surface area contributed by atoms with Gasteiger partial charge in [0.05, 0.1) is 35.2 Å². The van der Waals surface area contributed by atoms with Crippen molar-refractivity contribution < 1.29 is 55.8 Å². The minimum absolute atomic E-state index is 0. The van der Waals surface area contributed by atoms with Crippen LogP contribution in [-0.4, -0.2) is 17.4 Å². The number of hydrogen-bond acceptors (Lipinski definition) is 5. The molecule has 0 unspecified atom stereocenters. The van der Waals surface area contributed by atoms with Crippen LogP contribution in [0.15, 0.2) is 83.0 Å². The van der Waals surface area contributed by atoms with Crippen molar-refractivity contribution in [3.8, 4) is 0 Å². The maximum absolute atomic E-state index is 4.52. The molecule has 0 fully saturated rings. The van der Waals surface area contributed by atoms with E-state index in [1.807, 2.05) is 79.7 Å². The fourth-order valence-electron chi connectivity index (χ4n) is 2.23. The number of nitrogens with one attached hydrogen (secondary N) is 2. The van der Waals surface area contributed by atoms with Crippen molar-refractivity contribution in [1.29, 1.82) is 0 Å². The standard InChI is InChI=1S/C20H19N5.3ClH.V/c1-16-12-19(14-21-24-17-8-4-2-5-9-17)23-20(13-16)15-22-25-18-10-6-3-7-11-18;;;;/h2-15,24-25H,1H3;3*1H;/q;;;;+3/p-3. The monoisotopic (exact) mass is 485 g/mol. The smallest absolute Gasteiger partial charge is 1.00 e. The summed E-state index contributed by atoms with van der Waals surface area (Å²) in [5.74, 6) is 0. The Balaban J connectivity index is 0. The molecule has 3 rings (SSSR count). The largest absolute Gasteiger partial charge is 3.00 e. The van der Waals surface area contributed by atoms with Gasteiger partial charge >= 0.3 is 18.6 Å². The maximum Gasteiger partial charge on any atom is 3.00 e. The normalized spacial score (nSPS) is 9.55. The van der Waals surface area contributed by atoms with E-state index in [9.17, 15) is 0 Å². The van der Waals surface area contributed by atoms with Gasteiger partial charge in [-0.15, -0.1) is 0 Å². The molecule has 0 aliphatic heterocycles. The number of benzene rings is 2. The molecule has 9 heteroatoms. The van der Waals surface area contributed by atoms with Gasteiger partial charge in [-0.3, -0.25) is 10.9 Å². The molecule has 0 saturated heterocycles. The first-order valence-electron chi connectivity index (χ1n) is 7.96. The van der Waals surface area contributed by atoms with Gasteiger partial charge in [0.1, 0.15) is 0 Å². The van der Waals surface area contributed by atoms with Gasteiger partial charge in [0.2, 0.25) is 0 Å². The molecule has 2 N–H and O–H groups in total. The second kappa shape index (κ2) is 15.9. The molecule has 29 heavy (non-hydrogen) atoms. The van der Waals surface area contributed by atoms with E-state index < -0.39 is 0 Å². The number of para-hydroxylation sites is 2. The third kappa shape index (κ3) is 10.4. The molecule has 0 spiro atoms. The van der Waals surface area contributed by atoms with Crippen LogP contribution in [0.4, 0.5) is 11.4 Å². The summed E-state index contributed by atoms with van der Waals surface area (Å²) in [6.07, 6.45) is 3.39. The van der Waals surface area contributed by atoms with Crippen molar-refractivity contribution in [2.24, 2.45) is 10.2 Å². The Labute approximate surface area is 201 Å². The molecule has 0 saturated carbocycles. The van der Waals surface area contributed by atoms with Crippen molar-refractivity contribution >= 4 is 23.8 Å². The van der Waals surface area contributed by atoms with Crippen molar-refractivity contribution in [1.82, 2.24) is 4.98 Å². The number of anilines is 2. The van der Waals surface area contributed by atoms with Crippen molar-refractivity contribution in [2.45, 2.75) is 6.92 Å². The quantitative estimate of drug-likeness (QED) is 0.272. The Hall–Kier alpha value is -2.02. The zero-order valence-corrected chi connectivity index (χ0v) is 19.2. The molecule has 5 nitrogen and oxygen atoms in total. The summed E-state index contributed by atoms with van der Waals surface area (Å²) in [5.41, 5.74) is 10.5. The van der Waals surface area contributed by atoms with E-state index in [1.165, 1.54) is 0 Å². The SMILES string of the molecule is Cc1cc(C=NNc2ccccc2)nc(C=NNc2ccccc2)c1.[Cl-].[Cl-].[Cl-].[V+3]. The zero-order chi connectivity index (χ0) is 17.3. The number of pyridine rings is 1. The minimum Gasteiger partial charge on any atom is -1.00 e. The molecular weight excluding hydrogens is 468 g/mol. The van der Waals surface area contributed by atoms with Crippen LogP contribution in [0, 0.1) is 6.92 Å². The van der Waals surface area contributed by atoms with Gasteiger partial charge in [0.15, 0.2) is 0 Å². The Bertz CT molecular complexity index is 808. The second-order valence-electron chi connectivity index (χ2n) is 5.47. The van der Waals surface area contributed by atoms with Crippen LogP contribution >= 0.6 is 0 Å². The van der Waals surface area contributed by atoms with E-state index in [0.29, 0.717) is 0 Å². The number of aryl methyl sites for hydroxylation is 1. The van der Waals surface area contributed by atoms with Crippen LogP contribution in [0.2, 0.25) is 0 Å². The average molecular weight is 487 g/mol. The predicted molar refractivity (Wildman–Crippen MR) is 104 cm³/mol. The molecule has 2 aromatic carbocycles. The van der Waals surface area contributed by atoms with Gasteiger partial charge < -0.3 is 37.2 Å². The van der Waals surface area contributed by atoms with E-state index in [0.717, 1.165) is 28.3 Å². The third-order valence-electron chi connectivity index (χ3n) is 3.34. The molecule has 0 amide bonds. The first-order chi connectivity index (χ1) is 12.3. The summed E-state index contributed by atoms with van der Waals surface area (Å²) >= 11 is 0. The Morgan fingerprint density at radius 1 is 0.690 bits per heavy atom. The predicted octanol–water partition coefficient (Wildman–Crippen LogP) is -4.71. The van der Waals surface area contributed by atoms with Crippen LogP contribution in [0.25, 0.3) is 0 Å². The molecule has 150 valence electrons. The van der Waals surface area contributed by atoms with Crippen LogP contribution in [-0.2, 0) is 18.6 Å². The summed E-state index contributed by atoms with van der Waals surface area (Å²) in [5, 5.41) is 8.45. The van der Waals surface area contributed by atoms with Crippen LogP contribution in [0.3, 0.4) is 0 Å². The minimum atomic E-state index is 0. The Morgan fingerprint density at radius 3 is 1.45 bits per heavy atom. The third-order valence-corrected chi connectivity index (χ3v) is 3.34. The summed E-state index contributed by atoms with van der Waals surface area (Å²) in [7, 11) is 0. The Morgan fingerprint density at radius 2 is 1.07 bits per heavy atom. The van der Waals surface area contributed by atoms with Gasteiger partial charge in [0, 0.05) is 0 Å². The number of hydrazone groups is 2. The number of aromatic nitrogens is 1. The molecular formula is C20H19Cl3N5V. The molecule has 0 aliphatic carbocycles. The van der Waals surface area contributed by atoms with Crippen LogP contribution < -0.4 is 48.1 Å². The molecule has 1 heterocycles. The Kier molecular flexibility index (Phi) is 16.0. The van der Waals surface area contributed by atoms with Crippen LogP contribution in [0.5, 0.6) is 0 Å². The van der Waals surface area contributed by atoms with Crippen molar-refractivity contribution in [3.05, 3.63) is 89.7 Å². The van der Waals surface area contributed by atoms with Crippen LogP contribution in [0.1, 0.15) is 17.0 Å². The van der Waals surface area contributed by atoms with E-state index in [2.05, 4.69) is 26.0 Å². The van der Waals surface area contributed by atoms with Gasteiger partial charge in [-0.2, -0.15) is 10.2 Å². The zero-order valence-electron chi connectivity index (χ0n) is 15.5. The number of hydrogen-bond donors (Lipinski definition) is 2. The summed E-state index contributed by atoms with van der Waals surface area (Å²) in [6.45, 7) is 2.02. The first-order valence-corrected chi connectivity index (χ1v) is 7.96. The van der Waals surface area contributed by atoms with Gasteiger partial charge in [-0.25, -0.2) is 4.98 Å². The summed E-state index contributed by atoms with van der Waals surface area (Å²) in [6, 6.07) is 23.5. The van der Waals surface area contributed by atoms with E-state index >= 15 is 0 Å². The average Bonchev–Trinajstić information content (AvgIpc) is 2.63. The molecule has 0 radical (unpaired) electrons. The maximum atomic E-state index is 4.52. The molecule has 0 atom stereocenters. The van der Waals surface area contributed by atoms with E-state index in [-0.39, 0.29) is 55.8 Å². The summed E-state index contributed by atoms with van der Waals surface area (Å²) < 4.78 is 0. The van der Waals surface area contributed by atoms with E-state index in [1.54, 1.807) is 12.4 Å². The molecule has 0 bridgehead atoms. The fourth-order valence-corrected chi connectivity index (χ4v) is 2.23. The number of nitrogens with zero attached hydrogens (tertiary/aromatic N) is 3. The molecule has 0 aliphatic rings. The fraction of sp³-hybridized carbons (Fsp3) is 0.0500. The summed E-state index contributed by atoms with van der Waals surface area (Å²) in [4.78, 5) is 4.52. The molecule has 1 aromatic heterocycles.